The van der Waals surface area contributed by atoms with Gasteiger partial charge in [-0.2, -0.15) is 0 Å². The summed E-state index contributed by atoms with van der Waals surface area (Å²) in [5.41, 5.74) is -0.570. The fourth-order valence-electron chi connectivity index (χ4n) is 3.06. The quantitative estimate of drug-likeness (QED) is 0.607. The summed E-state index contributed by atoms with van der Waals surface area (Å²) in [5.74, 6) is 0.0459. The van der Waals surface area contributed by atoms with Gasteiger partial charge in [0.25, 0.3) is 6.47 Å². The van der Waals surface area contributed by atoms with Crippen molar-refractivity contribution in [3.63, 3.8) is 0 Å². The predicted octanol–water partition coefficient (Wildman–Crippen LogP) is -0.259. The standard InChI is InChI=1S/C14H24N4O3.CH2O2/c1-2-5-14(9-19)8-18(7-3-12(14)20)13(21)4-6-17-10-15-16-11-17;2-1-3/h10-12,19-20H,2-9H2,1H3;1H,(H,2,3)/t12-,14+;/m1./s1. The summed E-state index contributed by atoms with van der Waals surface area (Å²) in [6.07, 6.45) is 5.13. The number of nitrogens with zero attached hydrogens (tertiary/aromatic N) is 4. The van der Waals surface area contributed by atoms with Crippen molar-refractivity contribution < 1.29 is 24.9 Å². The van der Waals surface area contributed by atoms with Gasteiger partial charge in [0.2, 0.25) is 5.91 Å². The Bertz CT molecular complexity index is 496. The van der Waals surface area contributed by atoms with Gasteiger partial charge in [-0.3, -0.25) is 9.59 Å². The molecule has 1 saturated heterocycles. The van der Waals surface area contributed by atoms with Crippen LogP contribution in [-0.2, 0) is 16.1 Å². The predicted molar refractivity (Wildman–Crippen MR) is 85.0 cm³/mol. The minimum Gasteiger partial charge on any atom is -0.483 e. The summed E-state index contributed by atoms with van der Waals surface area (Å²) >= 11 is 0. The number of aryl methyl sites for hydroxylation is 1. The summed E-state index contributed by atoms with van der Waals surface area (Å²) in [4.78, 5) is 22.4. The summed E-state index contributed by atoms with van der Waals surface area (Å²) < 4.78 is 1.77. The normalized spacial score (nSPS) is 23.3. The largest absolute Gasteiger partial charge is 0.483 e. The van der Waals surface area contributed by atoms with Gasteiger partial charge in [-0.15, -0.1) is 10.2 Å². The minimum absolute atomic E-state index is 0.0459. The van der Waals surface area contributed by atoms with Gasteiger partial charge in [0, 0.05) is 31.5 Å². The first-order valence-electron chi connectivity index (χ1n) is 8.00. The Morgan fingerprint density at radius 2 is 2.04 bits per heavy atom. The maximum Gasteiger partial charge on any atom is 0.290 e. The van der Waals surface area contributed by atoms with E-state index in [4.69, 9.17) is 9.90 Å². The number of rotatable bonds is 6. The fourth-order valence-corrected chi connectivity index (χ4v) is 3.06. The minimum atomic E-state index is -0.570. The third-order valence-electron chi connectivity index (χ3n) is 4.35. The van der Waals surface area contributed by atoms with E-state index in [-0.39, 0.29) is 19.0 Å². The van der Waals surface area contributed by atoms with Crippen LogP contribution in [0.15, 0.2) is 12.7 Å². The monoisotopic (exact) mass is 342 g/mol. The van der Waals surface area contributed by atoms with Crippen LogP contribution in [0.1, 0.15) is 32.6 Å². The van der Waals surface area contributed by atoms with Gasteiger partial charge in [-0.05, 0) is 12.8 Å². The Kier molecular flexibility index (Phi) is 8.34. The number of piperidine rings is 1. The molecule has 0 aliphatic carbocycles. The zero-order valence-electron chi connectivity index (χ0n) is 13.9. The summed E-state index contributed by atoms with van der Waals surface area (Å²) in [6.45, 7) is 3.21. The van der Waals surface area contributed by atoms with Crippen molar-refractivity contribution in [3.8, 4) is 0 Å². The number of aliphatic hydroxyl groups excluding tert-OH is 2. The van der Waals surface area contributed by atoms with Crippen LogP contribution in [0.4, 0.5) is 0 Å². The maximum absolute atomic E-state index is 12.3. The number of amides is 1. The Hall–Kier alpha value is -2.00. The second kappa shape index (κ2) is 9.99. The molecule has 1 aromatic heterocycles. The van der Waals surface area contributed by atoms with Crippen LogP contribution < -0.4 is 0 Å². The first-order chi connectivity index (χ1) is 11.5. The number of carboxylic acid groups (broad SMARTS) is 1. The first kappa shape index (κ1) is 20.0. The molecule has 2 heterocycles. The van der Waals surface area contributed by atoms with Crippen LogP contribution in [-0.4, -0.2) is 73.2 Å². The molecule has 0 saturated carbocycles. The average molecular weight is 342 g/mol. The molecule has 1 aliphatic heterocycles. The molecule has 0 bridgehead atoms. The molecule has 24 heavy (non-hydrogen) atoms. The van der Waals surface area contributed by atoms with E-state index in [1.54, 1.807) is 22.1 Å². The van der Waals surface area contributed by atoms with Crippen molar-refractivity contribution in [1.82, 2.24) is 19.7 Å². The van der Waals surface area contributed by atoms with Crippen LogP contribution in [0.2, 0.25) is 0 Å². The number of hydrogen-bond donors (Lipinski definition) is 3. The SMILES string of the molecule is CCC[C@@]1(CO)CN(C(=O)CCn2cnnc2)CC[C@H]1O.O=CO. The second-order valence-corrected chi connectivity index (χ2v) is 5.95. The summed E-state index contributed by atoms with van der Waals surface area (Å²) in [6, 6.07) is 0. The van der Waals surface area contributed by atoms with E-state index >= 15 is 0 Å². The van der Waals surface area contributed by atoms with Crippen molar-refractivity contribution in [2.75, 3.05) is 19.7 Å². The lowest BCUT2D eigenvalue weighted by molar-refractivity contribution is -0.142. The molecule has 0 spiro atoms. The fraction of sp³-hybridized carbons (Fsp3) is 0.733. The van der Waals surface area contributed by atoms with Gasteiger partial charge in [0.05, 0.1) is 12.7 Å². The van der Waals surface area contributed by atoms with E-state index in [0.29, 0.717) is 32.5 Å². The van der Waals surface area contributed by atoms with Crippen LogP contribution in [0.25, 0.3) is 0 Å². The van der Waals surface area contributed by atoms with Gasteiger partial charge >= 0.3 is 0 Å². The van der Waals surface area contributed by atoms with Crippen molar-refractivity contribution in [2.45, 2.75) is 45.3 Å². The molecule has 1 amide bonds. The molecular weight excluding hydrogens is 316 g/mol. The number of likely N-dealkylation sites (tertiary alicyclic amines) is 1. The molecule has 9 nitrogen and oxygen atoms in total. The highest BCUT2D eigenvalue weighted by atomic mass is 16.3. The topological polar surface area (TPSA) is 129 Å². The Morgan fingerprint density at radius 1 is 1.42 bits per heavy atom. The molecule has 1 fully saturated rings. The highest BCUT2D eigenvalue weighted by molar-refractivity contribution is 5.76. The van der Waals surface area contributed by atoms with Gasteiger partial charge < -0.3 is 24.8 Å². The van der Waals surface area contributed by atoms with Gasteiger partial charge in [-0.1, -0.05) is 13.3 Å². The zero-order valence-corrected chi connectivity index (χ0v) is 13.9. The molecule has 2 rings (SSSR count). The number of carbonyl (C=O) groups is 2. The molecule has 9 heteroatoms. The number of hydrogen-bond acceptors (Lipinski definition) is 6. The van der Waals surface area contributed by atoms with E-state index in [1.807, 2.05) is 6.92 Å². The van der Waals surface area contributed by atoms with Gasteiger partial charge in [0.15, 0.2) is 0 Å². The molecule has 0 unspecified atom stereocenters. The lowest BCUT2D eigenvalue weighted by Gasteiger charge is -2.45. The molecule has 3 N–H and O–H groups in total. The third kappa shape index (κ3) is 5.27. The Morgan fingerprint density at radius 3 is 2.58 bits per heavy atom. The maximum atomic E-state index is 12.3. The molecule has 2 atom stereocenters. The number of carbonyl (C=O) groups excluding carboxylic acids is 1. The summed E-state index contributed by atoms with van der Waals surface area (Å²) in [7, 11) is 0. The summed E-state index contributed by atoms with van der Waals surface area (Å²) in [5, 5.41) is 34.2. The number of aromatic nitrogens is 3. The van der Waals surface area contributed by atoms with Crippen LogP contribution >= 0.6 is 0 Å². The van der Waals surface area contributed by atoms with E-state index in [1.165, 1.54) is 0 Å². The van der Waals surface area contributed by atoms with Crippen molar-refractivity contribution >= 4 is 12.4 Å². The number of aliphatic hydroxyl groups is 2. The van der Waals surface area contributed by atoms with Crippen LogP contribution in [0.5, 0.6) is 0 Å². The first-order valence-corrected chi connectivity index (χ1v) is 8.00. The second-order valence-electron chi connectivity index (χ2n) is 5.95. The molecule has 0 radical (unpaired) electrons. The highest BCUT2D eigenvalue weighted by Gasteiger charge is 2.42. The molecule has 0 aromatic carbocycles. The van der Waals surface area contributed by atoms with Gasteiger partial charge in [-0.25, -0.2) is 0 Å². The van der Waals surface area contributed by atoms with E-state index < -0.39 is 11.5 Å². The zero-order chi connectivity index (χ0) is 18.0. The van der Waals surface area contributed by atoms with Crippen LogP contribution in [0.3, 0.4) is 0 Å². The Labute approximate surface area is 140 Å². The van der Waals surface area contributed by atoms with E-state index in [2.05, 4.69) is 10.2 Å². The van der Waals surface area contributed by atoms with E-state index in [9.17, 15) is 15.0 Å². The van der Waals surface area contributed by atoms with Crippen molar-refractivity contribution in [3.05, 3.63) is 12.7 Å². The van der Waals surface area contributed by atoms with E-state index in [0.717, 1.165) is 12.8 Å². The smallest absolute Gasteiger partial charge is 0.290 e. The molecule has 136 valence electrons. The average Bonchev–Trinajstić information content (AvgIpc) is 3.09. The molecular formula is C15H26N4O5. The van der Waals surface area contributed by atoms with Crippen LogP contribution in [0, 0.1) is 5.41 Å². The molecule has 1 aliphatic rings. The Balaban J connectivity index is 0.000000891. The third-order valence-corrected chi connectivity index (χ3v) is 4.35. The lowest BCUT2D eigenvalue weighted by atomic mass is 9.74. The van der Waals surface area contributed by atoms with Crippen molar-refractivity contribution in [2.24, 2.45) is 5.41 Å². The lowest BCUT2D eigenvalue weighted by Crippen LogP contribution is -2.55. The molecule has 1 aromatic rings. The van der Waals surface area contributed by atoms with Gasteiger partial charge in [0.1, 0.15) is 12.7 Å². The van der Waals surface area contributed by atoms with Crippen molar-refractivity contribution in [1.29, 1.82) is 0 Å². The highest BCUT2D eigenvalue weighted by Crippen LogP contribution is 2.34.